The lowest BCUT2D eigenvalue weighted by Gasteiger charge is -2.26. The fourth-order valence-corrected chi connectivity index (χ4v) is 4.27. The quantitative estimate of drug-likeness (QED) is 0.266. The molecule has 0 aliphatic heterocycles. The van der Waals surface area contributed by atoms with E-state index < -0.39 is 31.1 Å². The minimum atomic E-state index is -0.695. The predicted molar refractivity (Wildman–Crippen MR) is 140 cm³/mol. The number of rotatable bonds is 14. The van der Waals surface area contributed by atoms with Crippen molar-refractivity contribution >= 4 is 5.57 Å². The van der Waals surface area contributed by atoms with E-state index in [0.29, 0.717) is 37.7 Å². The van der Waals surface area contributed by atoms with Gasteiger partial charge in [0, 0.05) is 9.16 Å². The maximum atomic E-state index is 10.2. The number of aliphatic hydroxyl groups is 3. The maximum absolute atomic E-state index is 10.2. The first kappa shape index (κ1) is 24.4. The summed E-state index contributed by atoms with van der Waals surface area (Å²) in [6, 6.07) is 8.29. The summed E-state index contributed by atoms with van der Waals surface area (Å²) in [5, 5.41) is 29.8. The van der Waals surface area contributed by atoms with Gasteiger partial charge in [0.15, 0.2) is 0 Å². The van der Waals surface area contributed by atoms with Crippen LogP contribution in [-0.2, 0) is 6.42 Å². The number of aryl methyl sites for hydroxylation is 1. The average molecular weight is 457 g/mol. The normalized spacial score (nSPS) is 24.3. The van der Waals surface area contributed by atoms with Gasteiger partial charge < -0.3 is 15.3 Å². The van der Waals surface area contributed by atoms with E-state index in [-0.39, 0.29) is 0 Å². The molecular formula is C30H46O3. The van der Waals surface area contributed by atoms with Crippen LogP contribution >= 0.6 is 0 Å². The summed E-state index contributed by atoms with van der Waals surface area (Å²) in [6.45, 7) is 7.98. The Morgan fingerprint density at radius 3 is 2.73 bits per heavy atom. The molecule has 184 valence electrons. The molecule has 5 atom stereocenters. The first-order valence-electron chi connectivity index (χ1n) is 13.9. The zero-order valence-electron chi connectivity index (χ0n) is 22.7. The van der Waals surface area contributed by atoms with Gasteiger partial charge in [-0.25, -0.2) is 0 Å². The highest BCUT2D eigenvalue weighted by atomic mass is 16.3. The third-order valence-corrected chi connectivity index (χ3v) is 6.37. The van der Waals surface area contributed by atoms with E-state index in [1.165, 1.54) is 31.3 Å². The second-order valence-corrected chi connectivity index (χ2v) is 9.48. The predicted octanol–water partition coefficient (Wildman–Crippen LogP) is 6.91. The van der Waals surface area contributed by atoms with Crippen molar-refractivity contribution in [3.05, 3.63) is 65.3 Å². The molecule has 1 fully saturated rings. The lowest BCUT2D eigenvalue weighted by Crippen LogP contribution is -2.26. The first-order chi connectivity index (χ1) is 16.7. The second-order valence-electron chi connectivity index (χ2n) is 9.48. The number of hydrogen-bond acceptors (Lipinski definition) is 3. The lowest BCUT2D eigenvalue weighted by atomic mass is 9.85. The second kappa shape index (κ2) is 15.3. The van der Waals surface area contributed by atoms with Crippen molar-refractivity contribution in [2.45, 2.75) is 116 Å². The molecule has 0 amide bonds. The number of hydrogen-bond donors (Lipinski definition) is 3. The summed E-state index contributed by atoms with van der Waals surface area (Å²) >= 11 is 0. The van der Waals surface area contributed by atoms with Gasteiger partial charge in [0.25, 0.3) is 0 Å². The molecule has 0 aromatic heterocycles. The molecule has 0 spiro atoms. The average Bonchev–Trinajstić information content (AvgIpc) is 2.82. The van der Waals surface area contributed by atoms with E-state index in [9.17, 15) is 15.3 Å². The van der Waals surface area contributed by atoms with Gasteiger partial charge in [-0.05, 0) is 73.3 Å². The summed E-state index contributed by atoms with van der Waals surface area (Å²) in [6.07, 6.45) is 10.8. The van der Waals surface area contributed by atoms with Crippen LogP contribution in [0.2, 0.25) is 0 Å². The van der Waals surface area contributed by atoms with E-state index >= 15 is 0 Å². The largest absolute Gasteiger partial charge is 0.393 e. The Kier molecular flexibility index (Phi) is 11.3. The zero-order chi connectivity index (χ0) is 25.8. The molecule has 0 saturated heterocycles. The fraction of sp³-hybridized carbons (Fsp3) is 0.600. The Morgan fingerprint density at radius 1 is 1.18 bits per heavy atom. The van der Waals surface area contributed by atoms with Gasteiger partial charge in [0.2, 0.25) is 0 Å². The van der Waals surface area contributed by atoms with E-state index in [1.54, 1.807) is 6.92 Å². The van der Waals surface area contributed by atoms with Crippen molar-refractivity contribution in [1.29, 1.82) is 0 Å². The van der Waals surface area contributed by atoms with Crippen LogP contribution < -0.4 is 0 Å². The Balaban J connectivity index is 2.20. The third kappa shape index (κ3) is 10.4. The van der Waals surface area contributed by atoms with Crippen molar-refractivity contribution in [3.63, 3.8) is 0 Å². The van der Waals surface area contributed by atoms with Gasteiger partial charge in [0.05, 0.1) is 18.3 Å². The van der Waals surface area contributed by atoms with Crippen LogP contribution in [0, 0.1) is 0 Å². The Morgan fingerprint density at radius 2 is 1.97 bits per heavy atom. The van der Waals surface area contributed by atoms with Crippen LogP contribution in [0.1, 0.15) is 105 Å². The van der Waals surface area contributed by atoms with Gasteiger partial charge in [-0.3, -0.25) is 0 Å². The standard InChI is InChI=1S/C30H46O3/c1-4-5-6-7-11-16-26(18-19-27-21-29(32)22-30(33)24(27)3)28-17-12-15-25(20-28)14-10-8-9-13-23(2)31/h12,15,17-20,23,29-33H,3-11,13-14,16,21-22H2,1-2H3/b26-18+,27-19?/t23?,29-,30+/m1/s1/i8D,10D/t8?,10?,23?,29-,30+. The van der Waals surface area contributed by atoms with E-state index in [4.69, 9.17) is 2.74 Å². The smallest absolute Gasteiger partial charge is 0.0811 e. The molecule has 3 N–H and O–H groups in total. The minimum Gasteiger partial charge on any atom is -0.393 e. The maximum Gasteiger partial charge on any atom is 0.0811 e. The SMILES string of the molecule is [2H]C(CCC(C)O)C([2H])Cc1cccc(/C(=C/C=C2C[C@@H](O)C[C@H](O)C2=C)CCCCCCC)c1. The topological polar surface area (TPSA) is 60.7 Å². The van der Waals surface area contributed by atoms with Gasteiger partial charge in [-0.15, -0.1) is 0 Å². The molecule has 3 nitrogen and oxygen atoms in total. The summed E-state index contributed by atoms with van der Waals surface area (Å²) in [5.41, 5.74) is 4.97. The van der Waals surface area contributed by atoms with E-state index in [1.807, 2.05) is 18.2 Å². The molecule has 3 heteroatoms. The lowest BCUT2D eigenvalue weighted by molar-refractivity contribution is 0.0862. The number of benzene rings is 1. The van der Waals surface area contributed by atoms with Crippen LogP contribution in [0.5, 0.6) is 0 Å². The Bertz CT molecular complexity index is 846. The molecule has 0 bridgehead atoms. The molecule has 1 aromatic carbocycles. The van der Waals surface area contributed by atoms with Crippen molar-refractivity contribution in [2.75, 3.05) is 0 Å². The highest BCUT2D eigenvalue weighted by Crippen LogP contribution is 2.30. The van der Waals surface area contributed by atoms with Crippen LogP contribution in [-0.4, -0.2) is 33.6 Å². The van der Waals surface area contributed by atoms with Gasteiger partial charge in [0.1, 0.15) is 0 Å². The number of allylic oxidation sites excluding steroid dienone is 3. The van der Waals surface area contributed by atoms with Crippen molar-refractivity contribution in [1.82, 2.24) is 0 Å². The summed E-state index contributed by atoms with van der Waals surface area (Å²) in [7, 11) is 0. The van der Waals surface area contributed by atoms with Crippen LogP contribution in [0.4, 0.5) is 0 Å². The number of unbranched alkanes of at least 4 members (excludes halogenated alkanes) is 4. The van der Waals surface area contributed by atoms with Crippen molar-refractivity contribution in [3.8, 4) is 0 Å². The molecule has 0 radical (unpaired) electrons. The van der Waals surface area contributed by atoms with Crippen molar-refractivity contribution < 1.29 is 18.1 Å². The Hall–Kier alpha value is -1.68. The van der Waals surface area contributed by atoms with Gasteiger partial charge >= 0.3 is 0 Å². The van der Waals surface area contributed by atoms with Crippen LogP contribution in [0.3, 0.4) is 0 Å². The summed E-state index contributed by atoms with van der Waals surface area (Å²) in [4.78, 5) is 0. The third-order valence-electron chi connectivity index (χ3n) is 6.37. The Labute approximate surface area is 204 Å². The van der Waals surface area contributed by atoms with Crippen LogP contribution in [0.15, 0.2) is 54.1 Å². The van der Waals surface area contributed by atoms with Gasteiger partial charge in [-0.2, -0.15) is 0 Å². The van der Waals surface area contributed by atoms with E-state index in [2.05, 4.69) is 31.7 Å². The molecule has 1 aromatic rings. The minimum absolute atomic E-state index is 0.342. The summed E-state index contributed by atoms with van der Waals surface area (Å²) < 4.78 is 16.7. The van der Waals surface area contributed by atoms with E-state index in [0.717, 1.165) is 29.5 Å². The summed E-state index contributed by atoms with van der Waals surface area (Å²) in [5.74, 6) is 0. The molecule has 1 aliphatic rings. The molecular weight excluding hydrogens is 408 g/mol. The molecule has 0 heterocycles. The highest BCUT2D eigenvalue weighted by molar-refractivity contribution is 5.68. The molecule has 1 saturated carbocycles. The van der Waals surface area contributed by atoms with Crippen molar-refractivity contribution in [2.24, 2.45) is 0 Å². The molecule has 2 rings (SSSR count). The molecule has 33 heavy (non-hydrogen) atoms. The fourth-order valence-electron chi connectivity index (χ4n) is 4.27. The van der Waals surface area contributed by atoms with Gasteiger partial charge in [-0.1, -0.05) is 88.4 Å². The highest BCUT2D eigenvalue weighted by Gasteiger charge is 2.24. The first-order valence-corrected chi connectivity index (χ1v) is 12.8. The monoisotopic (exact) mass is 456 g/mol. The van der Waals surface area contributed by atoms with Crippen LogP contribution in [0.25, 0.3) is 5.57 Å². The molecule has 1 aliphatic carbocycles. The number of aliphatic hydroxyl groups excluding tert-OH is 3. The molecule has 3 unspecified atom stereocenters. The zero-order valence-corrected chi connectivity index (χ0v) is 20.7.